The molecule has 2 N–H and O–H groups in total. The van der Waals surface area contributed by atoms with E-state index >= 15 is 0 Å². The average Bonchev–Trinajstić information content (AvgIpc) is 2.88. The summed E-state index contributed by atoms with van der Waals surface area (Å²) in [5.74, 6) is 2.36. The Morgan fingerprint density at radius 2 is 1.69 bits per heavy atom. The van der Waals surface area contributed by atoms with Crippen LogP contribution in [0.15, 0.2) is 60.7 Å². The number of phenolic OH excluding ortho intramolecular Hbond substituents is 1. The highest BCUT2D eigenvalue weighted by molar-refractivity contribution is 5.60. The zero-order chi connectivity index (χ0) is 25.5. The predicted octanol–water partition coefficient (Wildman–Crippen LogP) is 4.61. The highest BCUT2D eigenvalue weighted by atomic mass is 16.5. The van der Waals surface area contributed by atoms with E-state index in [4.69, 9.17) is 9.47 Å². The van der Waals surface area contributed by atoms with Gasteiger partial charge >= 0.3 is 0 Å². The summed E-state index contributed by atoms with van der Waals surface area (Å²) in [5.41, 5.74) is 6.06. The first-order valence-electron chi connectivity index (χ1n) is 12.7. The molecule has 1 aliphatic rings. The van der Waals surface area contributed by atoms with Crippen molar-refractivity contribution < 1.29 is 19.7 Å². The van der Waals surface area contributed by atoms with Gasteiger partial charge in [0.25, 0.3) is 0 Å². The molecule has 0 saturated heterocycles. The first-order valence-corrected chi connectivity index (χ1v) is 12.7. The molecule has 0 bridgehead atoms. The van der Waals surface area contributed by atoms with E-state index in [-0.39, 0.29) is 6.61 Å². The van der Waals surface area contributed by atoms with E-state index < -0.39 is 0 Å². The van der Waals surface area contributed by atoms with Gasteiger partial charge < -0.3 is 29.5 Å². The topological polar surface area (TPSA) is 65.4 Å². The van der Waals surface area contributed by atoms with Gasteiger partial charge in [-0.2, -0.15) is 0 Å². The largest absolute Gasteiger partial charge is 0.508 e. The monoisotopic (exact) mass is 490 g/mol. The Morgan fingerprint density at radius 1 is 0.917 bits per heavy atom. The van der Waals surface area contributed by atoms with Crippen LogP contribution in [0, 0.1) is 0 Å². The van der Waals surface area contributed by atoms with Crippen LogP contribution < -0.4 is 14.4 Å². The van der Waals surface area contributed by atoms with Crippen molar-refractivity contribution in [1.82, 2.24) is 4.90 Å². The molecular formula is C30H38N2O4. The number of aryl methyl sites for hydroxylation is 1. The number of hydrogen-bond donors (Lipinski definition) is 2. The van der Waals surface area contributed by atoms with E-state index in [2.05, 4.69) is 34.1 Å². The number of likely N-dealkylation sites (N-methyl/N-ethyl adjacent to an activating group) is 1. The van der Waals surface area contributed by atoms with Crippen LogP contribution in [0.2, 0.25) is 0 Å². The molecule has 1 aliphatic carbocycles. The molecule has 192 valence electrons. The Labute approximate surface area is 214 Å². The summed E-state index contributed by atoms with van der Waals surface area (Å²) in [5, 5.41) is 19.8. The lowest BCUT2D eigenvalue weighted by atomic mass is 9.79. The van der Waals surface area contributed by atoms with Gasteiger partial charge in [0.05, 0.1) is 13.7 Å². The third-order valence-electron chi connectivity index (χ3n) is 6.91. The SMILES string of the molecule is COc1ccc([C@@H]2CCc3cc(O)ccc3C2)c(N(CCO)Cc2ccc(OCCN(C)C)cc2)c1. The molecule has 0 aromatic heterocycles. The van der Waals surface area contributed by atoms with Crippen molar-refractivity contribution in [2.45, 2.75) is 31.7 Å². The summed E-state index contributed by atoms with van der Waals surface area (Å²) in [6.45, 7) is 2.79. The summed E-state index contributed by atoms with van der Waals surface area (Å²) in [6.07, 6.45) is 2.89. The van der Waals surface area contributed by atoms with E-state index in [0.29, 0.717) is 31.4 Å². The van der Waals surface area contributed by atoms with Crippen LogP contribution in [0.4, 0.5) is 5.69 Å². The van der Waals surface area contributed by atoms with Gasteiger partial charge in [0.15, 0.2) is 0 Å². The maximum Gasteiger partial charge on any atom is 0.120 e. The van der Waals surface area contributed by atoms with Crippen LogP contribution in [0.3, 0.4) is 0 Å². The van der Waals surface area contributed by atoms with Crippen LogP contribution >= 0.6 is 0 Å². The quantitative estimate of drug-likeness (QED) is 0.409. The van der Waals surface area contributed by atoms with Gasteiger partial charge in [0.1, 0.15) is 23.9 Å². The number of hydrogen-bond acceptors (Lipinski definition) is 6. The van der Waals surface area contributed by atoms with Crippen molar-refractivity contribution in [1.29, 1.82) is 0 Å². The Balaban J connectivity index is 1.56. The zero-order valence-electron chi connectivity index (χ0n) is 21.6. The maximum absolute atomic E-state index is 9.93. The third-order valence-corrected chi connectivity index (χ3v) is 6.91. The second kappa shape index (κ2) is 12.2. The van der Waals surface area contributed by atoms with Crippen LogP contribution in [-0.4, -0.2) is 62.6 Å². The summed E-state index contributed by atoms with van der Waals surface area (Å²) >= 11 is 0. The number of aliphatic hydroxyl groups is 1. The number of ether oxygens (including phenoxy) is 2. The number of methoxy groups -OCH3 is 1. The Hall–Kier alpha value is -3.22. The number of rotatable bonds is 11. The number of aliphatic hydroxyl groups excluding tert-OH is 1. The smallest absolute Gasteiger partial charge is 0.120 e. The van der Waals surface area contributed by atoms with Crippen LogP contribution in [-0.2, 0) is 19.4 Å². The Morgan fingerprint density at radius 3 is 2.42 bits per heavy atom. The van der Waals surface area contributed by atoms with Crippen molar-refractivity contribution in [2.75, 3.05) is 52.4 Å². The molecule has 3 aromatic rings. The standard InChI is InChI=1S/C30H38N2O4/c1-31(2)15-17-36-27-10-4-22(5-11-27)21-32(14-16-33)30-20-28(35-3)12-13-29(30)25-7-6-24-19-26(34)9-8-23(24)18-25/h4-5,8-13,19-20,25,33-34H,6-7,14-18,21H2,1-3H3/t25-/m1/s1. The third kappa shape index (κ3) is 6.50. The summed E-state index contributed by atoms with van der Waals surface area (Å²) in [6, 6.07) is 20.2. The summed E-state index contributed by atoms with van der Waals surface area (Å²) in [4.78, 5) is 4.34. The first kappa shape index (κ1) is 25.9. The number of aromatic hydroxyl groups is 1. The number of nitrogens with zero attached hydrogens (tertiary/aromatic N) is 2. The fourth-order valence-corrected chi connectivity index (χ4v) is 4.94. The lowest BCUT2D eigenvalue weighted by Gasteiger charge is -2.32. The molecule has 0 radical (unpaired) electrons. The minimum atomic E-state index is 0.0646. The Kier molecular flexibility index (Phi) is 8.73. The van der Waals surface area contributed by atoms with Gasteiger partial charge in [-0.3, -0.25) is 0 Å². The van der Waals surface area contributed by atoms with E-state index in [0.717, 1.165) is 48.6 Å². The van der Waals surface area contributed by atoms with Crippen LogP contribution in [0.1, 0.15) is 34.6 Å². The molecule has 0 unspecified atom stereocenters. The van der Waals surface area contributed by atoms with Crippen molar-refractivity contribution in [2.24, 2.45) is 0 Å². The van der Waals surface area contributed by atoms with E-state index in [1.54, 1.807) is 13.2 Å². The fraction of sp³-hybridized carbons (Fsp3) is 0.400. The molecule has 0 fully saturated rings. The molecule has 4 rings (SSSR count). The molecule has 0 spiro atoms. The summed E-state index contributed by atoms with van der Waals surface area (Å²) in [7, 11) is 5.76. The first-order chi connectivity index (χ1) is 17.5. The normalized spacial score (nSPS) is 15.0. The maximum atomic E-state index is 9.93. The lowest BCUT2D eigenvalue weighted by molar-refractivity contribution is 0.261. The van der Waals surface area contributed by atoms with Crippen molar-refractivity contribution in [3.05, 3.63) is 82.9 Å². The van der Waals surface area contributed by atoms with Gasteiger partial charge in [-0.25, -0.2) is 0 Å². The van der Waals surface area contributed by atoms with Gasteiger partial charge in [-0.05, 0) is 91.9 Å². The lowest BCUT2D eigenvalue weighted by Crippen LogP contribution is -2.28. The van der Waals surface area contributed by atoms with Crippen LogP contribution in [0.25, 0.3) is 0 Å². The van der Waals surface area contributed by atoms with Crippen molar-refractivity contribution >= 4 is 5.69 Å². The molecule has 6 nitrogen and oxygen atoms in total. The molecule has 36 heavy (non-hydrogen) atoms. The van der Waals surface area contributed by atoms with Crippen LogP contribution in [0.5, 0.6) is 17.2 Å². The van der Waals surface area contributed by atoms with Crippen molar-refractivity contribution in [3.8, 4) is 17.2 Å². The minimum absolute atomic E-state index is 0.0646. The molecule has 0 heterocycles. The Bertz CT molecular complexity index is 1130. The van der Waals surface area contributed by atoms with Gasteiger partial charge in [0.2, 0.25) is 0 Å². The van der Waals surface area contributed by atoms with Crippen molar-refractivity contribution in [3.63, 3.8) is 0 Å². The number of anilines is 1. The summed E-state index contributed by atoms with van der Waals surface area (Å²) < 4.78 is 11.4. The molecule has 6 heteroatoms. The van der Waals surface area contributed by atoms with Gasteiger partial charge in [-0.15, -0.1) is 0 Å². The second-order valence-electron chi connectivity index (χ2n) is 9.76. The average molecular weight is 491 g/mol. The fourth-order valence-electron chi connectivity index (χ4n) is 4.94. The molecule has 0 amide bonds. The molecule has 1 atom stereocenters. The number of phenols is 1. The molecule has 0 aliphatic heterocycles. The van der Waals surface area contributed by atoms with E-state index in [9.17, 15) is 10.2 Å². The van der Waals surface area contributed by atoms with Gasteiger partial charge in [0, 0.05) is 31.4 Å². The van der Waals surface area contributed by atoms with E-state index in [1.165, 1.54) is 16.7 Å². The van der Waals surface area contributed by atoms with E-state index in [1.807, 2.05) is 44.4 Å². The minimum Gasteiger partial charge on any atom is -0.508 e. The highest BCUT2D eigenvalue weighted by Gasteiger charge is 2.25. The zero-order valence-corrected chi connectivity index (χ0v) is 21.6. The van der Waals surface area contributed by atoms with Gasteiger partial charge in [-0.1, -0.05) is 24.3 Å². The highest BCUT2D eigenvalue weighted by Crippen LogP contribution is 2.40. The number of fused-ring (bicyclic) bond motifs is 1. The second-order valence-corrected chi connectivity index (χ2v) is 9.76. The number of benzene rings is 3. The molecular weight excluding hydrogens is 452 g/mol. The molecule has 3 aromatic carbocycles. The predicted molar refractivity (Wildman–Crippen MR) is 144 cm³/mol. The molecule has 0 saturated carbocycles.